The van der Waals surface area contributed by atoms with Crippen molar-refractivity contribution in [2.24, 2.45) is 0 Å². The first kappa shape index (κ1) is 18.1. The molecule has 1 amide bonds. The number of rotatable bonds is 6. The number of anilines is 1. The van der Waals surface area contributed by atoms with Gasteiger partial charge in [-0.1, -0.05) is 30.3 Å². The molecule has 1 saturated heterocycles. The van der Waals surface area contributed by atoms with E-state index < -0.39 is 0 Å². The van der Waals surface area contributed by atoms with Crippen LogP contribution in [0.1, 0.15) is 12.5 Å². The van der Waals surface area contributed by atoms with E-state index in [1.807, 2.05) is 36.1 Å². The third kappa shape index (κ3) is 4.28. The molecule has 0 aromatic heterocycles. The van der Waals surface area contributed by atoms with Crippen molar-refractivity contribution >= 4 is 11.6 Å². The SMILES string of the molecule is CCOc1ccccc1OCC(=O)N1CCN(c2ccccc2C)CC1. The van der Waals surface area contributed by atoms with Crippen molar-refractivity contribution in [1.82, 2.24) is 4.90 Å². The van der Waals surface area contributed by atoms with Gasteiger partial charge in [0.2, 0.25) is 0 Å². The summed E-state index contributed by atoms with van der Waals surface area (Å²) >= 11 is 0. The number of carbonyl (C=O) groups is 1. The van der Waals surface area contributed by atoms with Crippen LogP contribution in [0.2, 0.25) is 0 Å². The molecule has 1 heterocycles. The molecule has 0 unspecified atom stereocenters. The molecule has 1 aliphatic heterocycles. The zero-order chi connectivity index (χ0) is 18.4. The van der Waals surface area contributed by atoms with Gasteiger partial charge < -0.3 is 19.3 Å². The first-order valence-corrected chi connectivity index (χ1v) is 9.12. The lowest BCUT2D eigenvalue weighted by Crippen LogP contribution is -2.50. The van der Waals surface area contributed by atoms with Crippen molar-refractivity contribution in [3.05, 3.63) is 54.1 Å². The molecule has 0 aliphatic carbocycles. The van der Waals surface area contributed by atoms with Crippen LogP contribution in [0, 0.1) is 6.92 Å². The fraction of sp³-hybridized carbons (Fsp3) is 0.381. The maximum Gasteiger partial charge on any atom is 0.260 e. The second kappa shape index (κ2) is 8.61. The number of nitrogens with zero attached hydrogens (tertiary/aromatic N) is 2. The van der Waals surface area contributed by atoms with Gasteiger partial charge in [0.15, 0.2) is 18.1 Å². The van der Waals surface area contributed by atoms with E-state index in [0.29, 0.717) is 31.2 Å². The van der Waals surface area contributed by atoms with Crippen LogP contribution >= 0.6 is 0 Å². The molecule has 5 nitrogen and oxygen atoms in total. The molecule has 2 aromatic carbocycles. The zero-order valence-corrected chi connectivity index (χ0v) is 15.5. The summed E-state index contributed by atoms with van der Waals surface area (Å²) in [5.74, 6) is 1.30. The molecule has 2 aromatic rings. The Morgan fingerprint density at radius 1 is 0.923 bits per heavy atom. The number of aryl methyl sites for hydroxylation is 1. The topological polar surface area (TPSA) is 42.0 Å². The van der Waals surface area contributed by atoms with Crippen molar-refractivity contribution in [2.45, 2.75) is 13.8 Å². The second-order valence-corrected chi connectivity index (χ2v) is 6.32. The summed E-state index contributed by atoms with van der Waals surface area (Å²) in [6.45, 7) is 7.75. The molecule has 0 spiro atoms. The Bertz CT molecular complexity index is 740. The van der Waals surface area contributed by atoms with Gasteiger partial charge >= 0.3 is 0 Å². The van der Waals surface area contributed by atoms with Crippen LogP contribution in [-0.4, -0.2) is 50.2 Å². The summed E-state index contributed by atoms with van der Waals surface area (Å²) in [6, 6.07) is 15.8. The number of hydrogen-bond donors (Lipinski definition) is 0. The van der Waals surface area contributed by atoms with E-state index in [2.05, 4.69) is 36.1 Å². The zero-order valence-electron chi connectivity index (χ0n) is 15.5. The largest absolute Gasteiger partial charge is 0.490 e. The van der Waals surface area contributed by atoms with Gasteiger partial charge in [-0.25, -0.2) is 0 Å². The van der Waals surface area contributed by atoms with Crippen LogP contribution in [-0.2, 0) is 4.79 Å². The van der Waals surface area contributed by atoms with Gasteiger partial charge in [-0.2, -0.15) is 0 Å². The third-order valence-corrected chi connectivity index (χ3v) is 4.59. The van der Waals surface area contributed by atoms with E-state index in [4.69, 9.17) is 9.47 Å². The predicted octanol–water partition coefficient (Wildman–Crippen LogP) is 3.12. The predicted molar refractivity (Wildman–Crippen MR) is 103 cm³/mol. The normalized spacial score (nSPS) is 14.2. The molecule has 26 heavy (non-hydrogen) atoms. The van der Waals surface area contributed by atoms with Crippen LogP contribution < -0.4 is 14.4 Å². The first-order chi connectivity index (χ1) is 12.7. The van der Waals surface area contributed by atoms with Crippen LogP contribution in [0.25, 0.3) is 0 Å². The maximum absolute atomic E-state index is 12.5. The fourth-order valence-corrected chi connectivity index (χ4v) is 3.19. The van der Waals surface area contributed by atoms with Gasteiger partial charge in [-0.15, -0.1) is 0 Å². The lowest BCUT2D eigenvalue weighted by atomic mass is 10.1. The minimum atomic E-state index is 0.0146. The van der Waals surface area contributed by atoms with E-state index in [1.54, 1.807) is 0 Å². The minimum absolute atomic E-state index is 0.0146. The number of benzene rings is 2. The highest BCUT2D eigenvalue weighted by Gasteiger charge is 2.22. The Labute approximate surface area is 155 Å². The number of hydrogen-bond acceptors (Lipinski definition) is 4. The highest BCUT2D eigenvalue weighted by Crippen LogP contribution is 2.26. The number of amides is 1. The number of para-hydroxylation sites is 3. The summed E-state index contributed by atoms with van der Waals surface area (Å²) in [5.41, 5.74) is 2.52. The molecule has 3 rings (SSSR count). The average Bonchev–Trinajstić information content (AvgIpc) is 2.68. The fourth-order valence-electron chi connectivity index (χ4n) is 3.19. The highest BCUT2D eigenvalue weighted by molar-refractivity contribution is 5.78. The number of carbonyl (C=O) groups excluding carboxylic acids is 1. The Morgan fingerprint density at radius 3 is 2.19 bits per heavy atom. The molecule has 0 atom stereocenters. The van der Waals surface area contributed by atoms with Crippen LogP contribution in [0.4, 0.5) is 5.69 Å². The van der Waals surface area contributed by atoms with Crippen LogP contribution in [0.5, 0.6) is 11.5 Å². The lowest BCUT2D eigenvalue weighted by Gasteiger charge is -2.36. The molecule has 0 radical (unpaired) electrons. The van der Waals surface area contributed by atoms with Gasteiger partial charge in [-0.3, -0.25) is 4.79 Å². The average molecular weight is 354 g/mol. The van der Waals surface area contributed by atoms with Gasteiger partial charge in [0.05, 0.1) is 6.61 Å². The Hall–Kier alpha value is -2.69. The summed E-state index contributed by atoms with van der Waals surface area (Å²) in [6.07, 6.45) is 0. The standard InChI is InChI=1S/C21H26N2O3/c1-3-25-19-10-6-7-11-20(19)26-16-21(24)23-14-12-22(13-15-23)18-9-5-4-8-17(18)2/h4-11H,3,12-16H2,1-2H3. The number of ether oxygens (including phenoxy) is 2. The quantitative estimate of drug-likeness (QED) is 0.799. The lowest BCUT2D eigenvalue weighted by molar-refractivity contribution is -0.133. The molecular formula is C21H26N2O3. The summed E-state index contributed by atoms with van der Waals surface area (Å²) in [4.78, 5) is 16.7. The molecule has 0 N–H and O–H groups in total. The third-order valence-electron chi connectivity index (χ3n) is 4.59. The molecule has 138 valence electrons. The van der Waals surface area contributed by atoms with Crippen molar-refractivity contribution in [1.29, 1.82) is 0 Å². The first-order valence-electron chi connectivity index (χ1n) is 9.12. The Balaban J connectivity index is 1.52. The van der Waals surface area contributed by atoms with Gasteiger partial charge in [0, 0.05) is 31.9 Å². The Morgan fingerprint density at radius 2 is 1.54 bits per heavy atom. The molecule has 5 heteroatoms. The van der Waals surface area contributed by atoms with Crippen LogP contribution in [0.3, 0.4) is 0 Å². The van der Waals surface area contributed by atoms with E-state index in [0.717, 1.165) is 13.1 Å². The van der Waals surface area contributed by atoms with E-state index in [-0.39, 0.29) is 12.5 Å². The Kier molecular flexibility index (Phi) is 6.00. The minimum Gasteiger partial charge on any atom is -0.490 e. The molecular weight excluding hydrogens is 328 g/mol. The second-order valence-electron chi connectivity index (χ2n) is 6.32. The summed E-state index contributed by atoms with van der Waals surface area (Å²) in [5, 5.41) is 0. The van der Waals surface area contributed by atoms with Crippen molar-refractivity contribution in [3.63, 3.8) is 0 Å². The van der Waals surface area contributed by atoms with E-state index in [1.165, 1.54) is 11.3 Å². The smallest absolute Gasteiger partial charge is 0.260 e. The van der Waals surface area contributed by atoms with Crippen molar-refractivity contribution < 1.29 is 14.3 Å². The molecule has 1 aliphatic rings. The summed E-state index contributed by atoms with van der Waals surface area (Å²) in [7, 11) is 0. The van der Waals surface area contributed by atoms with Crippen LogP contribution in [0.15, 0.2) is 48.5 Å². The highest BCUT2D eigenvalue weighted by atomic mass is 16.5. The number of piperazine rings is 1. The van der Waals surface area contributed by atoms with E-state index in [9.17, 15) is 4.79 Å². The van der Waals surface area contributed by atoms with Gasteiger partial charge in [0.25, 0.3) is 5.91 Å². The monoisotopic (exact) mass is 354 g/mol. The van der Waals surface area contributed by atoms with Gasteiger partial charge in [0.1, 0.15) is 0 Å². The summed E-state index contributed by atoms with van der Waals surface area (Å²) < 4.78 is 11.2. The molecule has 0 bridgehead atoms. The van der Waals surface area contributed by atoms with E-state index >= 15 is 0 Å². The van der Waals surface area contributed by atoms with Gasteiger partial charge in [-0.05, 0) is 37.6 Å². The van der Waals surface area contributed by atoms with Crippen molar-refractivity contribution in [2.75, 3.05) is 44.3 Å². The van der Waals surface area contributed by atoms with Crippen molar-refractivity contribution in [3.8, 4) is 11.5 Å². The maximum atomic E-state index is 12.5. The molecule has 1 fully saturated rings. The molecule has 0 saturated carbocycles.